The molecule has 210 valence electrons. The van der Waals surface area contributed by atoms with E-state index in [9.17, 15) is 21.6 Å². The van der Waals surface area contributed by atoms with Crippen LogP contribution in [0.15, 0.2) is 76.5 Å². The zero-order valence-electron chi connectivity index (χ0n) is 21.6. The van der Waals surface area contributed by atoms with Crippen LogP contribution in [-0.2, 0) is 41.1 Å². The molecule has 2 aliphatic rings. The van der Waals surface area contributed by atoms with E-state index >= 15 is 0 Å². The van der Waals surface area contributed by atoms with Gasteiger partial charge in [-0.05, 0) is 37.6 Å². The first-order valence-corrected chi connectivity index (χ1v) is 15.2. The maximum absolute atomic E-state index is 12.4. The van der Waals surface area contributed by atoms with Crippen molar-refractivity contribution in [3.05, 3.63) is 72.3 Å². The Balaban J connectivity index is 0.000000183. The number of hydrogen-bond acceptors (Lipinski definition) is 8. The maximum atomic E-state index is 12.4. The van der Waals surface area contributed by atoms with E-state index in [1.54, 1.807) is 0 Å². The highest BCUT2D eigenvalue weighted by Gasteiger charge is 2.52. The van der Waals surface area contributed by atoms with Gasteiger partial charge in [0.1, 0.15) is 9.79 Å². The molecular weight excluding hydrogens is 546 g/mol. The van der Waals surface area contributed by atoms with Crippen molar-refractivity contribution < 1.29 is 40.2 Å². The highest BCUT2D eigenvalue weighted by Crippen LogP contribution is 2.42. The van der Waals surface area contributed by atoms with Crippen LogP contribution >= 0.6 is 0 Å². The van der Waals surface area contributed by atoms with Gasteiger partial charge in [-0.25, -0.2) is 4.79 Å². The first-order chi connectivity index (χ1) is 18.4. The fourth-order valence-corrected chi connectivity index (χ4v) is 6.87. The summed E-state index contributed by atoms with van der Waals surface area (Å²) in [6.45, 7) is 0.457. The Morgan fingerprint density at radius 2 is 1.33 bits per heavy atom. The van der Waals surface area contributed by atoms with Gasteiger partial charge in [0.2, 0.25) is 0 Å². The molecule has 2 N–H and O–H groups in total. The third kappa shape index (κ3) is 6.32. The van der Waals surface area contributed by atoms with Gasteiger partial charge in [0.25, 0.3) is 20.2 Å². The number of carbonyl (C=O) groups is 1. The predicted octanol–water partition coefficient (Wildman–Crippen LogP) is 3.70. The number of ether oxygens (including phenoxy) is 2. The van der Waals surface area contributed by atoms with E-state index in [1.165, 1.54) is 31.4 Å². The molecule has 12 heteroatoms. The number of nitrogens with zero attached hydrogens (tertiary/aromatic N) is 1. The topological polar surface area (TPSA) is 148 Å². The first-order valence-electron chi connectivity index (χ1n) is 12.3. The average Bonchev–Trinajstić information content (AvgIpc) is 3.11. The summed E-state index contributed by atoms with van der Waals surface area (Å²) in [5.74, 6) is -0.219. The Bertz CT molecular complexity index is 1470. The molecule has 0 amide bonds. The van der Waals surface area contributed by atoms with Gasteiger partial charge >= 0.3 is 5.97 Å². The maximum Gasteiger partial charge on any atom is 0.338 e. The van der Waals surface area contributed by atoms with E-state index in [4.69, 9.17) is 18.6 Å². The summed E-state index contributed by atoms with van der Waals surface area (Å²) in [6, 6.07) is 18.4. The number of carbonyl (C=O) groups excluding carboxylic acids is 1. The van der Waals surface area contributed by atoms with Crippen LogP contribution in [0.3, 0.4) is 0 Å². The Morgan fingerprint density at radius 1 is 0.846 bits per heavy atom. The molecule has 0 aliphatic carbocycles. The smallest absolute Gasteiger partial charge is 0.338 e. The Kier molecular flexibility index (Phi) is 8.45. The molecule has 0 saturated carbocycles. The Morgan fingerprint density at radius 3 is 1.77 bits per heavy atom. The van der Waals surface area contributed by atoms with Gasteiger partial charge < -0.3 is 14.4 Å². The van der Waals surface area contributed by atoms with Gasteiger partial charge in [0.05, 0.1) is 13.7 Å². The van der Waals surface area contributed by atoms with Gasteiger partial charge in [-0.3, -0.25) is 9.11 Å². The van der Waals surface area contributed by atoms with E-state index in [0.29, 0.717) is 18.7 Å². The number of hydrogen-bond donors (Lipinski definition) is 2. The first kappa shape index (κ1) is 29.1. The largest absolute Gasteiger partial charge is 0.467 e. The van der Waals surface area contributed by atoms with Crippen LogP contribution in [0.25, 0.3) is 10.8 Å². The monoisotopic (exact) mass is 577 g/mol. The molecule has 3 aromatic carbocycles. The number of benzene rings is 3. The molecule has 10 nitrogen and oxygen atoms in total. The van der Waals surface area contributed by atoms with Crippen molar-refractivity contribution in [3.8, 4) is 0 Å². The van der Waals surface area contributed by atoms with Crippen LogP contribution < -0.4 is 0 Å². The van der Waals surface area contributed by atoms with E-state index < -0.39 is 35.6 Å². The molecule has 5 rings (SSSR count). The SMILES string of the molecule is COC(=O)C1(OCc2ccccc2)CC2CCC(C1)N2C.O=S(=O)(O)c1cccc2c(S(=O)(=O)O)cccc12. The van der Waals surface area contributed by atoms with Crippen LogP contribution in [0.2, 0.25) is 0 Å². The number of fused-ring (bicyclic) bond motifs is 3. The van der Waals surface area contributed by atoms with Crippen LogP contribution in [0, 0.1) is 0 Å². The van der Waals surface area contributed by atoms with Gasteiger partial charge in [-0.2, -0.15) is 16.8 Å². The fourth-order valence-electron chi connectivity index (χ4n) is 5.45. The van der Waals surface area contributed by atoms with Crippen molar-refractivity contribution in [3.63, 3.8) is 0 Å². The minimum atomic E-state index is -4.47. The molecule has 3 aromatic rings. The normalized spacial score (nSPS) is 23.2. The highest BCUT2D eigenvalue weighted by atomic mass is 32.2. The predicted molar refractivity (Wildman–Crippen MR) is 143 cm³/mol. The molecule has 0 aromatic heterocycles. The lowest BCUT2D eigenvalue weighted by Gasteiger charge is -2.43. The van der Waals surface area contributed by atoms with Gasteiger partial charge in [-0.15, -0.1) is 0 Å². The number of rotatable bonds is 6. The van der Waals surface area contributed by atoms with Crippen LogP contribution in [-0.4, -0.2) is 68.7 Å². The van der Waals surface area contributed by atoms with Crippen LogP contribution in [0.1, 0.15) is 31.2 Å². The van der Waals surface area contributed by atoms with E-state index in [1.807, 2.05) is 30.3 Å². The number of methoxy groups -OCH3 is 1. The Hall–Kier alpha value is -2.87. The lowest BCUT2D eigenvalue weighted by Crippen LogP contribution is -2.55. The van der Waals surface area contributed by atoms with Gasteiger partial charge in [0, 0.05) is 35.7 Å². The molecule has 2 aliphatic heterocycles. The average molecular weight is 578 g/mol. The van der Waals surface area contributed by atoms with Gasteiger partial charge in [0.15, 0.2) is 5.60 Å². The third-order valence-corrected chi connectivity index (χ3v) is 9.25. The molecule has 2 atom stereocenters. The molecule has 0 spiro atoms. The van der Waals surface area contributed by atoms with Crippen molar-refractivity contribution >= 4 is 37.0 Å². The summed E-state index contributed by atoms with van der Waals surface area (Å²) in [4.78, 5) is 13.9. The van der Waals surface area contributed by atoms with Crippen molar-refractivity contribution in [2.45, 2.75) is 59.8 Å². The third-order valence-electron chi connectivity index (χ3n) is 7.43. The molecule has 2 saturated heterocycles. The fraction of sp³-hybridized carbons (Fsp3) is 0.370. The van der Waals surface area contributed by atoms with Gasteiger partial charge in [-0.1, -0.05) is 54.6 Å². The van der Waals surface area contributed by atoms with E-state index in [2.05, 4.69) is 11.9 Å². The number of esters is 1. The second kappa shape index (κ2) is 11.3. The Labute approximate surface area is 228 Å². The summed E-state index contributed by atoms with van der Waals surface area (Å²) in [6.07, 6.45) is 3.77. The van der Waals surface area contributed by atoms with Crippen LogP contribution in [0.4, 0.5) is 0 Å². The minimum absolute atomic E-state index is 0.0233. The van der Waals surface area contributed by atoms with Crippen LogP contribution in [0.5, 0.6) is 0 Å². The molecule has 0 radical (unpaired) electrons. The number of piperidine rings is 1. The molecule has 2 fully saturated rings. The lowest BCUT2D eigenvalue weighted by molar-refractivity contribution is -0.182. The highest BCUT2D eigenvalue weighted by molar-refractivity contribution is 7.86. The molecule has 2 unspecified atom stereocenters. The molecule has 2 heterocycles. The van der Waals surface area contributed by atoms with Crippen molar-refractivity contribution in [2.24, 2.45) is 0 Å². The van der Waals surface area contributed by atoms with Crippen molar-refractivity contribution in [1.29, 1.82) is 0 Å². The summed E-state index contributed by atoms with van der Waals surface area (Å²) in [5, 5.41) is 0.0465. The zero-order chi connectivity index (χ0) is 28.4. The lowest BCUT2D eigenvalue weighted by atomic mass is 9.86. The summed E-state index contributed by atoms with van der Waals surface area (Å²) >= 11 is 0. The second-order valence-electron chi connectivity index (χ2n) is 9.78. The molecule has 2 bridgehead atoms. The standard InChI is InChI=1S/C17H23NO3.C10H8O6S2/c1-18-14-8-9-15(18)11-17(10-14,16(19)20-2)21-12-13-6-4-3-5-7-13;11-17(12,13)9-5-1-3-7-8(9)4-2-6-10(7)18(14,15)16/h3-7,14-15H,8-12H2,1-2H3;1-6H,(H,11,12,13)(H,14,15,16). The second-order valence-corrected chi connectivity index (χ2v) is 12.6. The summed E-state index contributed by atoms with van der Waals surface area (Å²) in [5.41, 5.74) is 0.315. The summed E-state index contributed by atoms with van der Waals surface area (Å²) in [7, 11) is -5.33. The zero-order valence-corrected chi connectivity index (χ0v) is 23.2. The molecule has 39 heavy (non-hydrogen) atoms. The van der Waals surface area contributed by atoms with Crippen molar-refractivity contribution in [1.82, 2.24) is 4.90 Å². The van der Waals surface area contributed by atoms with E-state index in [0.717, 1.165) is 43.4 Å². The van der Waals surface area contributed by atoms with Crippen molar-refractivity contribution in [2.75, 3.05) is 14.2 Å². The summed E-state index contributed by atoms with van der Waals surface area (Å²) < 4.78 is 73.9. The minimum Gasteiger partial charge on any atom is -0.467 e. The molecular formula is C27H31NO9S2. The van der Waals surface area contributed by atoms with E-state index in [-0.39, 0.29) is 16.7 Å². The quantitative estimate of drug-likeness (QED) is 0.328.